The van der Waals surface area contributed by atoms with Crippen molar-refractivity contribution in [2.45, 2.75) is 25.8 Å². The molecule has 1 aliphatic heterocycles. The summed E-state index contributed by atoms with van der Waals surface area (Å²) >= 11 is 5.27. The van der Waals surface area contributed by atoms with E-state index < -0.39 is 17.4 Å². The Labute approximate surface area is 139 Å². The van der Waals surface area contributed by atoms with E-state index in [9.17, 15) is 14.4 Å². The maximum atomic E-state index is 12.6. The van der Waals surface area contributed by atoms with Gasteiger partial charge in [-0.05, 0) is 38.2 Å². The molecular formula is C15H18N4O3S. The summed E-state index contributed by atoms with van der Waals surface area (Å²) in [4.78, 5) is 37.6. The Bertz CT molecular complexity index is 664. The second kappa shape index (κ2) is 6.33. The summed E-state index contributed by atoms with van der Waals surface area (Å²) in [5.74, 6) is -1.44. The summed E-state index contributed by atoms with van der Waals surface area (Å²) in [6.07, 6.45) is -0.252. The van der Waals surface area contributed by atoms with Crippen LogP contribution in [0.1, 0.15) is 30.6 Å². The first-order chi connectivity index (χ1) is 10.8. The fourth-order valence-electron chi connectivity index (χ4n) is 2.50. The van der Waals surface area contributed by atoms with E-state index in [-0.39, 0.29) is 17.4 Å². The zero-order valence-corrected chi connectivity index (χ0v) is 13.7. The standard InChI is InChI=1S/C15H18N4O3S/c1-3-18-13(22)15(2,9-11(16)20)19(14(18)23)17-12(21)10-7-5-4-6-8-10/h4-8H,3,9H2,1-2H3,(H2,16,20)(H,17,21). The summed E-state index contributed by atoms with van der Waals surface area (Å²) in [6.45, 7) is 3.63. The van der Waals surface area contributed by atoms with Crippen LogP contribution in [0.25, 0.3) is 0 Å². The van der Waals surface area contributed by atoms with Crippen LogP contribution in [-0.4, -0.2) is 44.8 Å². The molecule has 1 aromatic rings. The number of hydrogen-bond donors (Lipinski definition) is 2. The van der Waals surface area contributed by atoms with Gasteiger partial charge < -0.3 is 5.73 Å². The Kier molecular flexibility index (Phi) is 4.65. The van der Waals surface area contributed by atoms with Crippen molar-refractivity contribution in [1.29, 1.82) is 0 Å². The number of likely N-dealkylation sites (N-methyl/N-ethyl adjacent to an activating group) is 1. The molecule has 0 bridgehead atoms. The lowest BCUT2D eigenvalue weighted by Crippen LogP contribution is -2.57. The number of hydrogen-bond acceptors (Lipinski definition) is 4. The van der Waals surface area contributed by atoms with Crippen LogP contribution in [0.2, 0.25) is 0 Å². The second-order valence-corrected chi connectivity index (χ2v) is 5.76. The highest BCUT2D eigenvalue weighted by Crippen LogP contribution is 2.29. The van der Waals surface area contributed by atoms with Gasteiger partial charge in [-0.15, -0.1) is 0 Å². The number of nitrogens with two attached hydrogens (primary N) is 1. The Morgan fingerprint density at radius 1 is 1.30 bits per heavy atom. The number of nitrogens with one attached hydrogen (secondary N) is 1. The molecule has 0 aliphatic carbocycles. The monoisotopic (exact) mass is 334 g/mol. The molecule has 2 rings (SSSR count). The zero-order valence-electron chi connectivity index (χ0n) is 12.9. The van der Waals surface area contributed by atoms with E-state index in [2.05, 4.69) is 5.43 Å². The summed E-state index contributed by atoms with van der Waals surface area (Å²) in [5.41, 5.74) is 6.97. The number of hydrazine groups is 1. The largest absolute Gasteiger partial charge is 0.370 e. The Morgan fingerprint density at radius 3 is 2.43 bits per heavy atom. The van der Waals surface area contributed by atoms with E-state index in [0.717, 1.165) is 0 Å². The average molecular weight is 334 g/mol. The highest BCUT2D eigenvalue weighted by Gasteiger charge is 2.53. The third-order valence-electron chi connectivity index (χ3n) is 3.71. The van der Waals surface area contributed by atoms with Gasteiger partial charge in [0.15, 0.2) is 5.11 Å². The van der Waals surface area contributed by atoms with Crippen molar-refractivity contribution in [3.05, 3.63) is 35.9 Å². The third kappa shape index (κ3) is 3.02. The van der Waals surface area contributed by atoms with Gasteiger partial charge in [-0.1, -0.05) is 18.2 Å². The van der Waals surface area contributed by atoms with Crippen molar-refractivity contribution in [2.24, 2.45) is 5.73 Å². The molecule has 0 radical (unpaired) electrons. The minimum atomic E-state index is -1.33. The first-order valence-corrected chi connectivity index (χ1v) is 7.52. The maximum Gasteiger partial charge on any atom is 0.269 e. The first kappa shape index (κ1) is 16.9. The molecule has 0 aromatic heterocycles. The second-order valence-electron chi connectivity index (χ2n) is 5.39. The number of primary amides is 1. The van der Waals surface area contributed by atoms with Gasteiger partial charge in [0, 0.05) is 12.1 Å². The Morgan fingerprint density at radius 2 is 1.91 bits per heavy atom. The van der Waals surface area contributed by atoms with Gasteiger partial charge in [-0.25, -0.2) is 5.01 Å². The van der Waals surface area contributed by atoms with Crippen molar-refractivity contribution >= 4 is 35.1 Å². The highest BCUT2D eigenvalue weighted by atomic mass is 32.1. The molecule has 3 amide bonds. The number of carbonyl (C=O) groups excluding carboxylic acids is 3. The van der Waals surface area contributed by atoms with Crippen LogP contribution in [0, 0.1) is 0 Å². The molecule has 122 valence electrons. The van der Waals surface area contributed by atoms with Crippen LogP contribution < -0.4 is 11.2 Å². The molecule has 1 fully saturated rings. The number of thiocarbonyl (C=S) groups is 1. The van der Waals surface area contributed by atoms with Gasteiger partial charge in [0.2, 0.25) is 5.91 Å². The zero-order chi connectivity index (χ0) is 17.2. The van der Waals surface area contributed by atoms with Gasteiger partial charge in [0.05, 0.1) is 6.42 Å². The topological polar surface area (TPSA) is 95.7 Å². The van der Waals surface area contributed by atoms with Crippen molar-refractivity contribution in [2.75, 3.05) is 6.54 Å². The number of benzene rings is 1. The highest BCUT2D eigenvalue weighted by molar-refractivity contribution is 7.80. The molecule has 7 nitrogen and oxygen atoms in total. The summed E-state index contributed by atoms with van der Waals surface area (Å²) in [5, 5.41) is 1.40. The molecule has 0 saturated carbocycles. The minimum absolute atomic E-state index is 0.144. The molecule has 1 aromatic carbocycles. The lowest BCUT2D eigenvalue weighted by molar-refractivity contribution is -0.136. The number of amides is 3. The van der Waals surface area contributed by atoms with E-state index in [4.69, 9.17) is 18.0 Å². The molecule has 0 spiro atoms. The van der Waals surface area contributed by atoms with Gasteiger partial charge in [0.25, 0.3) is 11.8 Å². The molecule has 3 N–H and O–H groups in total. The summed E-state index contributed by atoms with van der Waals surface area (Å²) in [6, 6.07) is 8.52. The van der Waals surface area contributed by atoms with Crippen LogP contribution in [0.15, 0.2) is 30.3 Å². The molecular weight excluding hydrogens is 316 g/mol. The van der Waals surface area contributed by atoms with Crippen molar-refractivity contribution in [3.63, 3.8) is 0 Å². The predicted molar refractivity (Wildman–Crippen MR) is 87.9 cm³/mol. The van der Waals surface area contributed by atoms with Crippen molar-refractivity contribution < 1.29 is 14.4 Å². The third-order valence-corrected chi connectivity index (χ3v) is 4.11. The molecule has 1 saturated heterocycles. The van der Waals surface area contributed by atoms with Crippen LogP contribution in [0.5, 0.6) is 0 Å². The van der Waals surface area contributed by atoms with E-state index in [1.54, 1.807) is 37.3 Å². The first-order valence-electron chi connectivity index (χ1n) is 7.11. The Hall–Kier alpha value is -2.48. The summed E-state index contributed by atoms with van der Waals surface area (Å²) < 4.78 is 0. The van der Waals surface area contributed by atoms with Crippen LogP contribution in [-0.2, 0) is 9.59 Å². The Balaban J connectivity index is 2.33. The van der Waals surface area contributed by atoms with Gasteiger partial charge >= 0.3 is 0 Å². The predicted octanol–water partition coefficient (Wildman–Crippen LogP) is 0.415. The lowest BCUT2D eigenvalue weighted by Gasteiger charge is -2.31. The van der Waals surface area contributed by atoms with E-state index in [0.29, 0.717) is 12.1 Å². The van der Waals surface area contributed by atoms with Crippen molar-refractivity contribution in [3.8, 4) is 0 Å². The summed E-state index contributed by atoms with van der Waals surface area (Å²) in [7, 11) is 0. The minimum Gasteiger partial charge on any atom is -0.370 e. The normalized spacial score (nSPS) is 20.8. The molecule has 1 aliphatic rings. The smallest absolute Gasteiger partial charge is 0.269 e. The average Bonchev–Trinajstić information content (AvgIpc) is 2.68. The SMILES string of the molecule is CCN1C(=O)C(C)(CC(N)=O)N(NC(=O)c2ccccc2)C1=S. The maximum absolute atomic E-state index is 12.6. The van der Waals surface area contributed by atoms with Crippen molar-refractivity contribution in [1.82, 2.24) is 15.3 Å². The van der Waals surface area contributed by atoms with E-state index in [1.165, 1.54) is 16.8 Å². The van der Waals surface area contributed by atoms with Crippen LogP contribution >= 0.6 is 12.2 Å². The molecule has 1 heterocycles. The van der Waals surface area contributed by atoms with E-state index >= 15 is 0 Å². The number of nitrogens with zero attached hydrogens (tertiary/aromatic N) is 2. The van der Waals surface area contributed by atoms with Gasteiger partial charge in [0.1, 0.15) is 5.54 Å². The fourth-order valence-corrected chi connectivity index (χ4v) is 2.96. The van der Waals surface area contributed by atoms with Crippen LogP contribution in [0.4, 0.5) is 0 Å². The lowest BCUT2D eigenvalue weighted by atomic mass is 9.97. The molecule has 23 heavy (non-hydrogen) atoms. The van der Waals surface area contributed by atoms with Crippen LogP contribution in [0.3, 0.4) is 0 Å². The fraction of sp³-hybridized carbons (Fsp3) is 0.333. The number of carbonyl (C=O) groups is 3. The quantitative estimate of drug-likeness (QED) is 0.761. The van der Waals surface area contributed by atoms with Gasteiger partial charge in [-0.2, -0.15) is 0 Å². The molecule has 1 atom stereocenters. The molecule has 8 heteroatoms. The van der Waals surface area contributed by atoms with Gasteiger partial charge in [-0.3, -0.25) is 24.7 Å². The number of rotatable bonds is 5. The van der Waals surface area contributed by atoms with E-state index in [1.807, 2.05) is 0 Å². The molecule has 1 unspecified atom stereocenters.